The van der Waals surface area contributed by atoms with Crippen molar-refractivity contribution in [1.29, 1.82) is 0 Å². The lowest BCUT2D eigenvalue weighted by Gasteiger charge is -2.34. The molecule has 4 nitrogen and oxygen atoms in total. The van der Waals surface area contributed by atoms with Crippen molar-refractivity contribution in [3.8, 4) is 0 Å². The summed E-state index contributed by atoms with van der Waals surface area (Å²) in [7, 11) is 0. The van der Waals surface area contributed by atoms with E-state index in [0.717, 1.165) is 31.0 Å². The minimum Gasteiger partial charge on any atom is -0.444 e. The molecule has 2 rings (SSSR count). The molecule has 1 aromatic heterocycles. The topological polar surface area (TPSA) is 42.4 Å². The van der Waals surface area contributed by atoms with E-state index >= 15 is 0 Å². The summed E-state index contributed by atoms with van der Waals surface area (Å²) in [6, 6.07) is 0. The van der Waals surface area contributed by atoms with Crippen LogP contribution in [0.5, 0.6) is 0 Å². The summed E-state index contributed by atoms with van der Waals surface area (Å²) in [6.45, 7) is 7.39. The third-order valence-corrected chi connectivity index (χ3v) is 5.44. The van der Waals surface area contributed by atoms with Crippen molar-refractivity contribution in [1.82, 2.24) is 9.88 Å². The first kappa shape index (κ1) is 16.6. The van der Waals surface area contributed by atoms with Gasteiger partial charge in [-0.05, 0) is 45.3 Å². The molecule has 1 aliphatic heterocycles. The van der Waals surface area contributed by atoms with E-state index in [0.29, 0.717) is 5.92 Å². The van der Waals surface area contributed by atoms with Crippen LogP contribution in [0.15, 0.2) is 11.7 Å². The lowest BCUT2D eigenvalue weighted by atomic mass is 10.0. The molecule has 2 heterocycles. The Morgan fingerprint density at radius 3 is 3.05 bits per heavy atom. The maximum absolute atomic E-state index is 12.1. The molecule has 0 N–H and O–H groups in total. The molecule has 0 aromatic carbocycles. The SMILES string of the molecule is CC(C)(C)OC(=O)N1CCC[C@H](CSCc2cncs2)C1. The van der Waals surface area contributed by atoms with Crippen LogP contribution in [0, 0.1) is 5.92 Å². The number of piperidine rings is 1. The molecule has 0 bridgehead atoms. The summed E-state index contributed by atoms with van der Waals surface area (Å²) < 4.78 is 5.46. The minimum atomic E-state index is -0.412. The largest absolute Gasteiger partial charge is 0.444 e. The molecule has 1 atom stereocenters. The van der Waals surface area contributed by atoms with Crippen LogP contribution in [0.25, 0.3) is 0 Å². The molecular weight excluding hydrogens is 304 g/mol. The normalized spacial score (nSPS) is 19.6. The number of thioether (sulfide) groups is 1. The first-order chi connectivity index (χ1) is 9.94. The second-order valence-corrected chi connectivity index (χ2v) is 8.42. The lowest BCUT2D eigenvalue weighted by molar-refractivity contribution is 0.0177. The van der Waals surface area contributed by atoms with Gasteiger partial charge in [0.25, 0.3) is 0 Å². The zero-order valence-electron chi connectivity index (χ0n) is 13.0. The van der Waals surface area contributed by atoms with Crippen molar-refractivity contribution in [3.05, 3.63) is 16.6 Å². The van der Waals surface area contributed by atoms with Gasteiger partial charge in [-0.2, -0.15) is 11.8 Å². The van der Waals surface area contributed by atoms with Crippen molar-refractivity contribution in [3.63, 3.8) is 0 Å². The smallest absolute Gasteiger partial charge is 0.410 e. The monoisotopic (exact) mass is 328 g/mol. The van der Waals surface area contributed by atoms with Crippen LogP contribution in [0.1, 0.15) is 38.5 Å². The first-order valence-electron chi connectivity index (χ1n) is 7.37. The van der Waals surface area contributed by atoms with Crippen molar-refractivity contribution >= 4 is 29.2 Å². The number of amides is 1. The third kappa shape index (κ3) is 5.87. The predicted octanol–water partition coefficient (Wildman–Crippen LogP) is 4.02. The summed E-state index contributed by atoms with van der Waals surface area (Å²) in [5, 5.41) is 0. The molecule has 1 amide bonds. The highest BCUT2D eigenvalue weighted by atomic mass is 32.2. The Morgan fingerprint density at radius 1 is 1.57 bits per heavy atom. The van der Waals surface area contributed by atoms with Crippen LogP contribution >= 0.6 is 23.1 Å². The van der Waals surface area contributed by atoms with Gasteiger partial charge in [0.05, 0.1) is 5.51 Å². The van der Waals surface area contributed by atoms with Gasteiger partial charge in [0, 0.05) is 29.9 Å². The molecule has 0 radical (unpaired) electrons. The highest BCUT2D eigenvalue weighted by Gasteiger charge is 2.27. The predicted molar refractivity (Wildman–Crippen MR) is 88.8 cm³/mol. The highest BCUT2D eigenvalue weighted by Crippen LogP contribution is 2.25. The number of thiazole rings is 1. The number of aromatic nitrogens is 1. The Hall–Kier alpha value is -0.750. The molecule has 1 saturated heterocycles. The molecule has 0 saturated carbocycles. The Bertz CT molecular complexity index is 443. The summed E-state index contributed by atoms with van der Waals surface area (Å²) in [5.41, 5.74) is 1.46. The molecule has 0 spiro atoms. The van der Waals surface area contributed by atoms with E-state index in [4.69, 9.17) is 4.74 Å². The highest BCUT2D eigenvalue weighted by molar-refractivity contribution is 7.98. The van der Waals surface area contributed by atoms with Gasteiger partial charge in [-0.25, -0.2) is 4.79 Å². The third-order valence-electron chi connectivity index (χ3n) is 3.25. The molecule has 0 unspecified atom stereocenters. The standard InChI is InChI=1S/C15H24N2O2S2/c1-15(2,3)19-14(18)17-6-4-5-12(8-17)9-20-10-13-7-16-11-21-13/h7,11-12H,4-6,8-10H2,1-3H3/t12-/m0/s1. The van der Waals surface area contributed by atoms with Crippen molar-refractivity contribution in [2.75, 3.05) is 18.8 Å². The van der Waals surface area contributed by atoms with E-state index in [1.54, 1.807) is 11.3 Å². The fourth-order valence-electron chi connectivity index (χ4n) is 2.33. The number of ether oxygens (including phenoxy) is 1. The average molecular weight is 329 g/mol. The summed E-state index contributed by atoms with van der Waals surface area (Å²) >= 11 is 3.64. The maximum atomic E-state index is 12.1. The van der Waals surface area contributed by atoms with E-state index in [1.165, 1.54) is 11.3 Å². The molecule has 0 aliphatic carbocycles. The Morgan fingerprint density at radius 2 is 2.38 bits per heavy atom. The van der Waals surface area contributed by atoms with Gasteiger partial charge in [-0.3, -0.25) is 4.98 Å². The molecule has 1 aromatic rings. The van der Waals surface area contributed by atoms with Crippen molar-refractivity contribution < 1.29 is 9.53 Å². The van der Waals surface area contributed by atoms with Gasteiger partial charge in [0.15, 0.2) is 0 Å². The number of carbonyl (C=O) groups excluding carboxylic acids is 1. The fourth-order valence-corrected chi connectivity index (χ4v) is 4.23. The molecular formula is C15H24N2O2S2. The summed E-state index contributed by atoms with van der Waals surface area (Å²) in [6.07, 6.45) is 4.05. The Labute approximate surface area is 135 Å². The van der Waals surface area contributed by atoms with E-state index in [9.17, 15) is 4.79 Å². The van der Waals surface area contributed by atoms with Crippen LogP contribution < -0.4 is 0 Å². The van der Waals surface area contributed by atoms with Gasteiger partial charge in [0.2, 0.25) is 0 Å². The van der Waals surface area contributed by atoms with Crippen LogP contribution in [-0.2, 0) is 10.5 Å². The van der Waals surface area contributed by atoms with Gasteiger partial charge in [-0.15, -0.1) is 11.3 Å². The first-order valence-corrected chi connectivity index (χ1v) is 9.40. The summed E-state index contributed by atoms with van der Waals surface area (Å²) in [5.74, 6) is 2.69. The van der Waals surface area contributed by atoms with Gasteiger partial charge in [-0.1, -0.05) is 0 Å². The Kier molecular flexibility index (Phi) is 5.93. The molecule has 1 aliphatic rings. The zero-order chi connectivity index (χ0) is 15.3. The van der Waals surface area contributed by atoms with Crippen LogP contribution in [0.2, 0.25) is 0 Å². The number of hydrogen-bond acceptors (Lipinski definition) is 5. The quantitative estimate of drug-likeness (QED) is 0.837. The van der Waals surface area contributed by atoms with E-state index < -0.39 is 5.60 Å². The zero-order valence-corrected chi connectivity index (χ0v) is 14.6. The molecule has 118 valence electrons. The van der Waals surface area contributed by atoms with Crippen molar-refractivity contribution in [2.45, 2.75) is 45.0 Å². The van der Waals surface area contributed by atoms with E-state index in [2.05, 4.69) is 4.98 Å². The maximum Gasteiger partial charge on any atom is 0.410 e. The van der Waals surface area contributed by atoms with Crippen LogP contribution in [0.4, 0.5) is 4.79 Å². The fraction of sp³-hybridized carbons (Fsp3) is 0.733. The van der Waals surface area contributed by atoms with Gasteiger partial charge >= 0.3 is 6.09 Å². The number of rotatable bonds is 4. The molecule has 21 heavy (non-hydrogen) atoms. The average Bonchev–Trinajstić information content (AvgIpc) is 2.90. The van der Waals surface area contributed by atoms with E-state index in [1.807, 2.05) is 49.1 Å². The molecule has 1 fully saturated rings. The van der Waals surface area contributed by atoms with Gasteiger partial charge < -0.3 is 9.64 Å². The Balaban J connectivity index is 1.74. The molecule has 6 heteroatoms. The van der Waals surface area contributed by atoms with Crippen LogP contribution in [0.3, 0.4) is 0 Å². The second-order valence-electron chi connectivity index (χ2n) is 6.42. The number of hydrogen-bond donors (Lipinski definition) is 0. The lowest BCUT2D eigenvalue weighted by Crippen LogP contribution is -2.43. The summed E-state index contributed by atoms with van der Waals surface area (Å²) in [4.78, 5) is 19.4. The van der Waals surface area contributed by atoms with Crippen molar-refractivity contribution in [2.24, 2.45) is 5.92 Å². The number of likely N-dealkylation sites (tertiary alicyclic amines) is 1. The van der Waals surface area contributed by atoms with E-state index in [-0.39, 0.29) is 6.09 Å². The van der Waals surface area contributed by atoms with Gasteiger partial charge in [0.1, 0.15) is 5.60 Å². The number of carbonyl (C=O) groups is 1. The van der Waals surface area contributed by atoms with Crippen LogP contribution in [-0.4, -0.2) is 40.4 Å². The second kappa shape index (κ2) is 7.49. The number of nitrogens with zero attached hydrogens (tertiary/aromatic N) is 2. The minimum absolute atomic E-state index is 0.167.